The summed E-state index contributed by atoms with van der Waals surface area (Å²) in [6.07, 6.45) is -0.440. The number of nitrogens with one attached hydrogen (secondary N) is 1. The molecule has 0 saturated carbocycles. The van der Waals surface area contributed by atoms with E-state index in [1.807, 2.05) is 4.90 Å². The van der Waals surface area contributed by atoms with Crippen LogP contribution in [0.15, 0.2) is 48.5 Å². The highest BCUT2D eigenvalue weighted by atomic mass is 16.6. The SMILES string of the molecule is CC(C)(C)OC(=O)N1CCN(c2ccc([N+](=O)[O-])cc2)CC1CO.O=[N+]([O-])c1ccc(N2CCNC(CO)C2)cc1. The van der Waals surface area contributed by atoms with Crippen LogP contribution in [-0.2, 0) is 4.74 Å². The Morgan fingerprint density at radius 2 is 1.39 bits per heavy atom. The van der Waals surface area contributed by atoms with Crippen molar-refractivity contribution in [3.05, 3.63) is 68.8 Å². The lowest BCUT2D eigenvalue weighted by atomic mass is 10.1. The predicted molar refractivity (Wildman–Crippen MR) is 153 cm³/mol. The van der Waals surface area contributed by atoms with Crippen molar-refractivity contribution in [3.8, 4) is 0 Å². The third-order valence-electron chi connectivity index (χ3n) is 6.65. The first-order valence-corrected chi connectivity index (χ1v) is 13.4. The molecule has 3 N–H and O–H groups in total. The summed E-state index contributed by atoms with van der Waals surface area (Å²) in [7, 11) is 0. The number of nitrogens with zero attached hydrogens (tertiary/aromatic N) is 5. The fourth-order valence-electron chi connectivity index (χ4n) is 4.56. The Morgan fingerprint density at radius 3 is 1.83 bits per heavy atom. The summed E-state index contributed by atoms with van der Waals surface area (Å²) in [6.45, 7) is 9.10. The minimum absolute atomic E-state index is 0.0323. The van der Waals surface area contributed by atoms with Crippen LogP contribution in [0.1, 0.15) is 20.8 Å². The molecule has 224 valence electrons. The summed E-state index contributed by atoms with van der Waals surface area (Å²) in [5.41, 5.74) is 1.32. The quantitative estimate of drug-likeness (QED) is 0.341. The first-order valence-electron chi connectivity index (χ1n) is 13.4. The number of anilines is 2. The number of hydrogen-bond donors (Lipinski definition) is 3. The van der Waals surface area contributed by atoms with Crippen molar-refractivity contribution in [2.24, 2.45) is 0 Å². The maximum Gasteiger partial charge on any atom is 0.410 e. The number of nitro groups is 2. The van der Waals surface area contributed by atoms with E-state index in [-0.39, 0.29) is 36.7 Å². The largest absolute Gasteiger partial charge is 0.444 e. The second-order valence-corrected chi connectivity index (χ2v) is 10.8. The van der Waals surface area contributed by atoms with Gasteiger partial charge in [-0.3, -0.25) is 25.1 Å². The fraction of sp³-hybridized carbons (Fsp3) is 0.519. The first kappa shape index (κ1) is 31.5. The summed E-state index contributed by atoms with van der Waals surface area (Å²) in [6, 6.07) is 12.4. The van der Waals surface area contributed by atoms with Gasteiger partial charge in [-0.05, 0) is 45.0 Å². The molecule has 0 aliphatic carbocycles. The Kier molecular flexibility index (Phi) is 10.8. The molecule has 2 heterocycles. The van der Waals surface area contributed by atoms with Crippen molar-refractivity contribution < 1.29 is 29.6 Å². The highest BCUT2D eigenvalue weighted by Crippen LogP contribution is 2.24. The Morgan fingerprint density at radius 1 is 0.878 bits per heavy atom. The number of non-ortho nitro benzene ring substituents is 2. The lowest BCUT2D eigenvalue weighted by Gasteiger charge is -2.41. The average Bonchev–Trinajstić information content (AvgIpc) is 2.96. The zero-order valence-electron chi connectivity index (χ0n) is 23.5. The molecular formula is C27H38N6O8. The number of nitro benzene ring substituents is 2. The van der Waals surface area contributed by atoms with Gasteiger partial charge < -0.3 is 30.1 Å². The summed E-state index contributed by atoms with van der Waals surface area (Å²) >= 11 is 0. The third kappa shape index (κ3) is 8.99. The summed E-state index contributed by atoms with van der Waals surface area (Å²) < 4.78 is 5.37. The van der Waals surface area contributed by atoms with Crippen LogP contribution in [-0.4, -0.2) is 101 Å². The van der Waals surface area contributed by atoms with Crippen LogP contribution in [0.2, 0.25) is 0 Å². The van der Waals surface area contributed by atoms with E-state index in [1.165, 1.54) is 29.2 Å². The van der Waals surface area contributed by atoms with Crippen LogP contribution in [0, 0.1) is 20.2 Å². The molecule has 2 aliphatic rings. The van der Waals surface area contributed by atoms with E-state index in [1.54, 1.807) is 45.0 Å². The van der Waals surface area contributed by atoms with Gasteiger partial charge in [0.15, 0.2) is 0 Å². The first-order chi connectivity index (χ1) is 19.4. The smallest absolute Gasteiger partial charge is 0.410 e. The van der Waals surface area contributed by atoms with Gasteiger partial charge in [0.25, 0.3) is 11.4 Å². The van der Waals surface area contributed by atoms with Gasteiger partial charge in [0, 0.05) is 81.0 Å². The Bertz CT molecular complexity index is 1170. The van der Waals surface area contributed by atoms with Gasteiger partial charge in [-0.15, -0.1) is 0 Å². The molecule has 2 aliphatic heterocycles. The highest BCUT2D eigenvalue weighted by Gasteiger charge is 2.33. The van der Waals surface area contributed by atoms with E-state index in [0.29, 0.717) is 26.2 Å². The normalized spacial score (nSPS) is 19.2. The van der Waals surface area contributed by atoms with Crippen LogP contribution in [0.4, 0.5) is 27.5 Å². The lowest BCUT2D eigenvalue weighted by Crippen LogP contribution is -2.57. The zero-order valence-corrected chi connectivity index (χ0v) is 23.5. The average molecular weight is 575 g/mol. The van der Waals surface area contributed by atoms with Gasteiger partial charge >= 0.3 is 6.09 Å². The van der Waals surface area contributed by atoms with Crippen molar-refractivity contribution in [3.63, 3.8) is 0 Å². The molecule has 0 bridgehead atoms. The molecule has 2 saturated heterocycles. The molecule has 2 aromatic rings. The molecular weight excluding hydrogens is 536 g/mol. The maximum absolute atomic E-state index is 12.2. The number of aliphatic hydroxyl groups is 2. The monoisotopic (exact) mass is 574 g/mol. The minimum Gasteiger partial charge on any atom is -0.444 e. The number of carbonyl (C=O) groups excluding carboxylic acids is 1. The van der Waals surface area contributed by atoms with Gasteiger partial charge in [0.05, 0.1) is 29.1 Å². The second-order valence-electron chi connectivity index (χ2n) is 10.8. The van der Waals surface area contributed by atoms with Crippen LogP contribution < -0.4 is 15.1 Å². The number of carbonyl (C=O) groups is 1. The van der Waals surface area contributed by atoms with E-state index in [4.69, 9.17) is 9.84 Å². The topological polar surface area (TPSA) is 175 Å². The Labute approximate surface area is 238 Å². The molecule has 2 aromatic carbocycles. The molecule has 0 radical (unpaired) electrons. The fourth-order valence-corrected chi connectivity index (χ4v) is 4.56. The van der Waals surface area contributed by atoms with Crippen molar-refractivity contribution >= 4 is 28.8 Å². The number of benzene rings is 2. The van der Waals surface area contributed by atoms with Gasteiger partial charge in [0.1, 0.15) is 5.60 Å². The van der Waals surface area contributed by atoms with E-state index in [0.717, 1.165) is 24.5 Å². The van der Waals surface area contributed by atoms with E-state index in [9.17, 15) is 30.1 Å². The summed E-state index contributed by atoms with van der Waals surface area (Å²) in [5, 5.41) is 43.2. The molecule has 1 amide bonds. The number of aliphatic hydroxyl groups excluding tert-OH is 2. The third-order valence-corrected chi connectivity index (χ3v) is 6.65. The summed E-state index contributed by atoms with van der Waals surface area (Å²) in [4.78, 5) is 38.3. The molecule has 0 spiro atoms. The lowest BCUT2D eigenvalue weighted by molar-refractivity contribution is -0.385. The van der Waals surface area contributed by atoms with Crippen molar-refractivity contribution in [1.82, 2.24) is 10.2 Å². The molecule has 41 heavy (non-hydrogen) atoms. The number of piperazine rings is 2. The number of ether oxygens (including phenoxy) is 1. The standard InChI is InChI=1S/C16H23N3O5.C11H15N3O3/c1-16(2,3)24-15(21)18-9-8-17(10-14(18)11-20)12-4-6-13(7-5-12)19(22)23;15-8-9-7-13(6-5-12-9)10-1-3-11(4-2-10)14(16)17/h4-7,14,20H,8-11H2,1-3H3;1-4,9,12,15H,5-8H2. The van der Waals surface area contributed by atoms with Gasteiger partial charge in [-0.25, -0.2) is 4.79 Å². The second kappa shape index (κ2) is 14.1. The maximum atomic E-state index is 12.2. The molecule has 14 heteroatoms. The van der Waals surface area contributed by atoms with Crippen LogP contribution in [0.3, 0.4) is 0 Å². The van der Waals surface area contributed by atoms with Crippen LogP contribution in [0.25, 0.3) is 0 Å². The zero-order chi connectivity index (χ0) is 30.2. The minimum atomic E-state index is -0.591. The number of amides is 1. The molecule has 4 rings (SSSR count). The van der Waals surface area contributed by atoms with E-state index in [2.05, 4.69) is 10.2 Å². The van der Waals surface area contributed by atoms with E-state index >= 15 is 0 Å². The van der Waals surface area contributed by atoms with Gasteiger partial charge in [-0.1, -0.05) is 0 Å². The van der Waals surface area contributed by atoms with Crippen LogP contribution in [0.5, 0.6) is 0 Å². The van der Waals surface area contributed by atoms with E-state index < -0.39 is 21.5 Å². The van der Waals surface area contributed by atoms with Crippen LogP contribution >= 0.6 is 0 Å². The molecule has 2 unspecified atom stereocenters. The highest BCUT2D eigenvalue weighted by molar-refractivity contribution is 5.69. The molecule has 0 aromatic heterocycles. The van der Waals surface area contributed by atoms with Crippen molar-refractivity contribution in [1.29, 1.82) is 0 Å². The van der Waals surface area contributed by atoms with Gasteiger partial charge in [0.2, 0.25) is 0 Å². The molecule has 2 fully saturated rings. The number of hydrogen-bond acceptors (Lipinski definition) is 11. The van der Waals surface area contributed by atoms with Gasteiger partial charge in [-0.2, -0.15) is 0 Å². The molecule has 14 nitrogen and oxygen atoms in total. The Balaban J connectivity index is 0.000000239. The Hall–Kier alpha value is -4.01. The molecule has 2 atom stereocenters. The van der Waals surface area contributed by atoms with Crippen molar-refractivity contribution in [2.45, 2.75) is 38.5 Å². The predicted octanol–water partition coefficient (Wildman–Crippen LogP) is 2.38. The summed E-state index contributed by atoms with van der Waals surface area (Å²) in [5.74, 6) is 0. The number of rotatable bonds is 6. The van der Waals surface area contributed by atoms with Crippen molar-refractivity contribution in [2.75, 3.05) is 62.3 Å².